The molecule has 1 heterocycles. The fraction of sp³-hybridized carbons (Fsp3) is 0.545. The Bertz CT molecular complexity index is 276. The van der Waals surface area contributed by atoms with Gasteiger partial charge in [0.05, 0.1) is 24.3 Å². The van der Waals surface area contributed by atoms with Crippen molar-refractivity contribution in [1.82, 2.24) is 14.9 Å². The maximum atomic E-state index is 4.04. The fourth-order valence-electron chi connectivity index (χ4n) is 1.23. The first kappa shape index (κ1) is 12.8. The molecule has 0 radical (unpaired) electrons. The van der Waals surface area contributed by atoms with Gasteiger partial charge in [0.15, 0.2) is 0 Å². The number of hydrogen-bond acceptors (Lipinski definition) is 2. The van der Waals surface area contributed by atoms with E-state index in [1.807, 2.05) is 38.6 Å². The van der Waals surface area contributed by atoms with E-state index in [0.717, 1.165) is 11.4 Å². The minimum Gasteiger partial charge on any atom is -0.381 e. The summed E-state index contributed by atoms with van der Waals surface area (Å²) in [5.74, 6) is 0. The van der Waals surface area contributed by atoms with Gasteiger partial charge in [0.25, 0.3) is 0 Å². The van der Waals surface area contributed by atoms with Crippen molar-refractivity contribution in [2.24, 2.45) is 7.05 Å². The third-order valence-corrected chi connectivity index (χ3v) is 1.76. The molecule has 0 aliphatic carbocycles. The van der Waals surface area contributed by atoms with Crippen molar-refractivity contribution in [3.63, 3.8) is 0 Å². The summed E-state index contributed by atoms with van der Waals surface area (Å²) < 4.78 is 2.00. The predicted molar refractivity (Wildman–Crippen MR) is 60.9 cm³/mol. The SMILES string of the molecule is C=C(C)NC(C)c1cncn1C.CC. The van der Waals surface area contributed by atoms with Crippen molar-refractivity contribution in [2.75, 3.05) is 0 Å². The molecule has 0 fully saturated rings. The third-order valence-electron chi connectivity index (χ3n) is 1.76. The van der Waals surface area contributed by atoms with E-state index in [1.165, 1.54) is 0 Å². The van der Waals surface area contributed by atoms with Crippen LogP contribution in [0.2, 0.25) is 0 Å². The van der Waals surface area contributed by atoms with E-state index in [4.69, 9.17) is 0 Å². The third kappa shape index (κ3) is 3.64. The molecule has 3 heteroatoms. The maximum Gasteiger partial charge on any atom is 0.0946 e. The van der Waals surface area contributed by atoms with E-state index in [-0.39, 0.29) is 6.04 Å². The Balaban J connectivity index is 0.000000791. The number of aromatic nitrogens is 2. The van der Waals surface area contributed by atoms with Crippen LogP contribution >= 0.6 is 0 Å². The van der Waals surface area contributed by atoms with Gasteiger partial charge in [-0.1, -0.05) is 20.4 Å². The highest BCUT2D eigenvalue weighted by Gasteiger charge is 2.07. The number of rotatable bonds is 3. The highest BCUT2D eigenvalue weighted by atomic mass is 15.1. The predicted octanol–water partition coefficient (Wildman–Crippen LogP) is 2.63. The molecule has 1 aromatic heterocycles. The maximum absolute atomic E-state index is 4.04. The molecule has 0 aromatic carbocycles. The lowest BCUT2D eigenvalue weighted by Crippen LogP contribution is -2.17. The summed E-state index contributed by atoms with van der Waals surface area (Å²) in [6, 6.07) is 0.273. The summed E-state index contributed by atoms with van der Waals surface area (Å²) >= 11 is 0. The van der Waals surface area contributed by atoms with Crippen LogP contribution in [0.25, 0.3) is 0 Å². The summed E-state index contributed by atoms with van der Waals surface area (Å²) in [7, 11) is 1.99. The van der Waals surface area contributed by atoms with Crippen LogP contribution in [0.3, 0.4) is 0 Å². The topological polar surface area (TPSA) is 29.9 Å². The quantitative estimate of drug-likeness (QED) is 0.803. The van der Waals surface area contributed by atoms with Gasteiger partial charge in [0.2, 0.25) is 0 Å². The van der Waals surface area contributed by atoms with Crippen molar-refractivity contribution >= 4 is 0 Å². The van der Waals surface area contributed by atoms with E-state index in [2.05, 4.69) is 23.8 Å². The van der Waals surface area contributed by atoms with Gasteiger partial charge in [-0.25, -0.2) is 4.98 Å². The first-order valence-corrected chi connectivity index (χ1v) is 4.99. The van der Waals surface area contributed by atoms with Crippen LogP contribution in [0, 0.1) is 0 Å². The highest BCUT2D eigenvalue weighted by molar-refractivity contribution is 5.06. The number of nitrogens with one attached hydrogen (secondary N) is 1. The normalized spacial score (nSPS) is 11.2. The summed E-state index contributed by atoms with van der Waals surface area (Å²) in [6.45, 7) is 11.8. The minimum atomic E-state index is 0.273. The molecule has 0 saturated carbocycles. The highest BCUT2D eigenvalue weighted by Crippen LogP contribution is 2.10. The lowest BCUT2D eigenvalue weighted by atomic mass is 10.2. The second-order valence-corrected chi connectivity index (χ2v) is 3.08. The molecule has 80 valence electrons. The molecular formula is C11H21N3. The van der Waals surface area contributed by atoms with Crippen molar-refractivity contribution in [3.05, 3.63) is 30.5 Å². The second kappa shape index (κ2) is 6.24. The Morgan fingerprint density at radius 3 is 2.50 bits per heavy atom. The van der Waals surface area contributed by atoms with E-state index in [1.54, 1.807) is 6.33 Å². The summed E-state index contributed by atoms with van der Waals surface area (Å²) in [4.78, 5) is 4.04. The van der Waals surface area contributed by atoms with Gasteiger partial charge in [-0.15, -0.1) is 0 Å². The number of imidazole rings is 1. The van der Waals surface area contributed by atoms with Crippen molar-refractivity contribution < 1.29 is 0 Å². The second-order valence-electron chi connectivity index (χ2n) is 3.08. The summed E-state index contributed by atoms with van der Waals surface area (Å²) in [5.41, 5.74) is 2.14. The van der Waals surface area contributed by atoms with Gasteiger partial charge in [-0.3, -0.25) is 0 Å². The van der Waals surface area contributed by atoms with E-state index >= 15 is 0 Å². The van der Waals surface area contributed by atoms with E-state index in [0.29, 0.717) is 0 Å². The van der Waals surface area contributed by atoms with E-state index in [9.17, 15) is 0 Å². The molecule has 3 nitrogen and oxygen atoms in total. The van der Waals surface area contributed by atoms with Crippen LogP contribution in [0.1, 0.15) is 39.4 Å². The van der Waals surface area contributed by atoms with Gasteiger partial charge >= 0.3 is 0 Å². The van der Waals surface area contributed by atoms with Crippen LogP contribution in [0.4, 0.5) is 0 Å². The standard InChI is InChI=1S/C9H15N3.C2H6/c1-7(2)11-8(3)9-5-10-6-12(9)4;1-2/h5-6,8,11H,1H2,2-4H3;1-2H3. The Labute approximate surface area is 86.9 Å². The Morgan fingerprint density at radius 1 is 1.57 bits per heavy atom. The molecule has 14 heavy (non-hydrogen) atoms. The smallest absolute Gasteiger partial charge is 0.0946 e. The summed E-state index contributed by atoms with van der Waals surface area (Å²) in [6.07, 6.45) is 3.66. The molecule has 1 unspecified atom stereocenters. The Kier molecular flexibility index (Phi) is 5.68. The van der Waals surface area contributed by atoms with Crippen LogP contribution in [0.5, 0.6) is 0 Å². The average Bonchev–Trinajstić information content (AvgIpc) is 2.54. The lowest BCUT2D eigenvalue weighted by molar-refractivity contribution is 0.608. The van der Waals surface area contributed by atoms with Gasteiger partial charge in [0, 0.05) is 12.7 Å². The van der Waals surface area contributed by atoms with Gasteiger partial charge in [-0.2, -0.15) is 0 Å². The van der Waals surface area contributed by atoms with Crippen LogP contribution in [-0.2, 0) is 7.05 Å². The van der Waals surface area contributed by atoms with Crippen LogP contribution in [-0.4, -0.2) is 9.55 Å². The number of aryl methyl sites for hydroxylation is 1. The largest absolute Gasteiger partial charge is 0.381 e. The average molecular weight is 195 g/mol. The zero-order chi connectivity index (χ0) is 11.1. The Morgan fingerprint density at radius 2 is 2.14 bits per heavy atom. The number of hydrogen-bond donors (Lipinski definition) is 1. The molecule has 0 aliphatic rings. The molecule has 0 bridgehead atoms. The zero-order valence-corrected chi connectivity index (χ0v) is 9.83. The van der Waals surface area contributed by atoms with Crippen molar-refractivity contribution in [3.8, 4) is 0 Å². The van der Waals surface area contributed by atoms with Crippen molar-refractivity contribution in [2.45, 2.75) is 33.7 Å². The molecule has 1 aromatic rings. The molecule has 1 N–H and O–H groups in total. The molecule has 1 rings (SSSR count). The lowest BCUT2D eigenvalue weighted by Gasteiger charge is -2.14. The van der Waals surface area contributed by atoms with E-state index < -0.39 is 0 Å². The molecule has 0 amide bonds. The molecule has 0 spiro atoms. The molecule has 0 saturated heterocycles. The first-order valence-electron chi connectivity index (χ1n) is 4.99. The number of allylic oxidation sites excluding steroid dienone is 1. The molecular weight excluding hydrogens is 174 g/mol. The zero-order valence-electron chi connectivity index (χ0n) is 9.83. The first-order chi connectivity index (χ1) is 6.61. The fourth-order valence-corrected chi connectivity index (χ4v) is 1.23. The molecule has 1 atom stereocenters. The molecule has 0 aliphatic heterocycles. The van der Waals surface area contributed by atoms with Crippen molar-refractivity contribution in [1.29, 1.82) is 0 Å². The number of nitrogens with zero attached hydrogens (tertiary/aromatic N) is 2. The van der Waals surface area contributed by atoms with Gasteiger partial charge in [0.1, 0.15) is 0 Å². The van der Waals surface area contributed by atoms with Gasteiger partial charge in [-0.05, 0) is 13.8 Å². The Hall–Kier alpha value is -1.25. The van der Waals surface area contributed by atoms with Crippen LogP contribution in [0.15, 0.2) is 24.8 Å². The minimum absolute atomic E-state index is 0.273. The monoisotopic (exact) mass is 195 g/mol. The summed E-state index contributed by atoms with van der Waals surface area (Å²) in [5, 5.41) is 3.23. The van der Waals surface area contributed by atoms with Gasteiger partial charge < -0.3 is 9.88 Å². The van der Waals surface area contributed by atoms with Crippen LogP contribution < -0.4 is 5.32 Å².